The maximum absolute atomic E-state index is 13.0. The molecule has 144 valence electrons. The third-order valence-electron chi connectivity index (χ3n) is 5.09. The van der Waals surface area contributed by atoms with E-state index in [1.54, 1.807) is 0 Å². The Labute approximate surface area is 164 Å². The molecule has 1 aliphatic rings. The van der Waals surface area contributed by atoms with Crippen LogP contribution in [0.2, 0.25) is 0 Å². The van der Waals surface area contributed by atoms with Crippen LogP contribution in [0, 0.1) is 13.8 Å². The molecule has 0 aliphatic carbocycles. The van der Waals surface area contributed by atoms with Crippen LogP contribution in [0.5, 0.6) is 0 Å². The standard InChI is InChI=1S/C22H24N4O2/c1-15-10-11-18(16(2)14-15)20(27)23-19(17-8-4-3-5-9-17)21-24-25-22(28-21)26-12-6-7-13-26/h3-5,8-11,14,19H,6-7,12-13H2,1-2H3,(H,23,27)/t19-/m0/s1. The van der Waals surface area contributed by atoms with Gasteiger partial charge in [0.2, 0.25) is 5.89 Å². The summed E-state index contributed by atoms with van der Waals surface area (Å²) in [5, 5.41) is 11.5. The Morgan fingerprint density at radius 2 is 1.82 bits per heavy atom. The second kappa shape index (κ2) is 7.84. The largest absolute Gasteiger partial charge is 0.405 e. The first kappa shape index (κ1) is 18.2. The quantitative estimate of drug-likeness (QED) is 0.733. The van der Waals surface area contributed by atoms with Crippen LogP contribution >= 0.6 is 0 Å². The molecule has 1 amide bonds. The molecule has 28 heavy (non-hydrogen) atoms. The highest BCUT2D eigenvalue weighted by Gasteiger charge is 2.26. The Hall–Kier alpha value is -3.15. The summed E-state index contributed by atoms with van der Waals surface area (Å²) in [6.07, 6.45) is 2.26. The van der Waals surface area contributed by atoms with Crippen LogP contribution in [0.3, 0.4) is 0 Å². The van der Waals surface area contributed by atoms with Gasteiger partial charge in [0.15, 0.2) is 0 Å². The number of aromatic nitrogens is 2. The average Bonchev–Trinajstić information content (AvgIpc) is 3.38. The number of nitrogens with one attached hydrogen (secondary N) is 1. The van der Waals surface area contributed by atoms with E-state index in [-0.39, 0.29) is 5.91 Å². The van der Waals surface area contributed by atoms with Crippen LogP contribution in [0.25, 0.3) is 0 Å². The SMILES string of the molecule is Cc1ccc(C(=O)N[C@@H](c2ccccc2)c2nnc(N3CCCC3)o2)c(C)c1. The van der Waals surface area contributed by atoms with E-state index in [1.165, 1.54) is 0 Å². The maximum Gasteiger partial charge on any atom is 0.318 e. The third-order valence-corrected chi connectivity index (χ3v) is 5.09. The fourth-order valence-electron chi connectivity index (χ4n) is 3.59. The summed E-state index contributed by atoms with van der Waals surface area (Å²) >= 11 is 0. The van der Waals surface area contributed by atoms with Crippen molar-refractivity contribution in [3.8, 4) is 0 Å². The molecule has 1 atom stereocenters. The van der Waals surface area contributed by atoms with Gasteiger partial charge in [0.1, 0.15) is 6.04 Å². The smallest absolute Gasteiger partial charge is 0.318 e. The van der Waals surface area contributed by atoms with Gasteiger partial charge in [0, 0.05) is 18.7 Å². The Balaban J connectivity index is 1.63. The molecule has 0 spiro atoms. The number of hydrogen-bond acceptors (Lipinski definition) is 5. The van der Waals surface area contributed by atoms with Gasteiger partial charge in [-0.05, 0) is 43.9 Å². The number of nitrogens with zero attached hydrogens (tertiary/aromatic N) is 3. The van der Waals surface area contributed by atoms with Crippen LogP contribution in [0.15, 0.2) is 52.9 Å². The van der Waals surface area contributed by atoms with Gasteiger partial charge in [-0.25, -0.2) is 0 Å². The van der Waals surface area contributed by atoms with Crippen LogP contribution in [0.4, 0.5) is 6.01 Å². The number of benzene rings is 2. The molecule has 1 saturated heterocycles. The summed E-state index contributed by atoms with van der Waals surface area (Å²) < 4.78 is 5.96. The topological polar surface area (TPSA) is 71.3 Å². The summed E-state index contributed by atoms with van der Waals surface area (Å²) in [7, 11) is 0. The van der Waals surface area contributed by atoms with Gasteiger partial charge < -0.3 is 14.6 Å². The fraction of sp³-hybridized carbons (Fsp3) is 0.318. The number of carbonyl (C=O) groups is 1. The van der Waals surface area contributed by atoms with Crippen LogP contribution in [-0.4, -0.2) is 29.2 Å². The normalized spacial score (nSPS) is 14.9. The fourth-order valence-corrected chi connectivity index (χ4v) is 3.59. The molecule has 0 radical (unpaired) electrons. The van der Waals surface area contributed by atoms with E-state index >= 15 is 0 Å². The summed E-state index contributed by atoms with van der Waals surface area (Å²) in [5.41, 5.74) is 3.61. The van der Waals surface area contributed by atoms with Crippen molar-refractivity contribution in [3.05, 3.63) is 76.7 Å². The highest BCUT2D eigenvalue weighted by Crippen LogP contribution is 2.26. The van der Waals surface area contributed by atoms with Gasteiger partial charge in [-0.1, -0.05) is 53.1 Å². The summed E-state index contributed by atoms with van der Waals surface area (Å²) in [6, 6.07) is 15.5. The minimum Gasteiger partial charge on any atom is -0.405 e. The first-order chi connectivity index (χ1) is 13.6. The third kappa shape index (κ3) is 3.76. The van der Waals surface area contributed by atoms with Crippen molar-refractivity contribution in [1.82, 2.24) is 15.5 Å². The zero-order valence-corrected chi connectivity index (χ0v) is 16.2. The van der Waals surface area contributed by atoms with Gasteiger partial charge in [0.25, 0.3) is 5.91 Å². The first-order valence-electron chi connectivity index (χ1n) is 9.63. The number of anilines is 1. The molecule has 3 aromatic rings. The molecule has 0 bridgehead atoms. The minimum atomic E-state index is -0.502. The summed E-state index contributed by atoms with van der Waals surface area (Å²) in [4.78, 5) is 15.1. The lowest BCUT2D eigenvalue weighted by Crippen LogP contribution is -2.30. The molecule has 0 saturated carbocycles. The lowest BCUT2D eigenvalue weighted by atomic mass is 10.0. The van der Waals surface area contributed by atoms with Crippen molar-refractivity contribution >= 4 is 11.9 Å². The summed E-state index contributed by atoms with van der Waals surface area (Å²) in [6.45, 7) is 5.80. The highest BCUT2D eigenvalue weighted by molar-refractivity contribution is 5.96. The van der Waals surface area contributed by atoms with Crippen LogP contribution < -0.4 is 10.2 Å². The van der Waals surface area contributed by atoms with Gasteiger partial charge in [-0.2, -0.15) is 0 Å². The zero-order valence-electron chi connectivity index (χ0n) is 16.2. The van der Waals surface area contributed by atoms with E-state index in [1.807, 2.05) is 62.4 Å². The molecule has 2 aromatic carbocycles. The van der Waals surface area contributed by atoms with Crippen LogP contribution in [-0.2, 0) is 0 Å². The van der Waals surface area contributed by atoms with Gasteiger partial charge in [-0.15, -0.1) is 5.10 Å². The first-order valence-corrected chi connectivity index (χ1v) is 9.63. The maximum atomic E-state index is 13.0. The van der Waals surface area contributed by atoms with Crippen molar-refractivity contribution in [3.63, 3.8) is 0 Å². The Kier molecular flexibility index (Phi) is 5.10. The number of amides is 1. The summed E-state index contributed by atoms with van der Waals surface area (Å²) in [5.74, 6) is 0.235. The lowest BCUT2D eigenvalue weighted by Gasteiger charge is -2.17. The van der Waals surface area contributed by atoms with E-state index in [2.05, 4.69) is 20.4 Å². The number of hydrogen-bond donors (Lipinski definition) is 1. The van der Waals surface area contributed by atoms with Crippen molar-refractivity contribution < 1.29 is 9.21 Å². The van der Waals surface area contributed by atoms with Crippen molar-refractivity contribution in [1.29, 1.82) is 0 Å². The second-order valence-corrected chi connectivity index (χ2v) is 7.25. The van der Waals surface area contributed by atoms with E-state index in [0.717, 1.165) is 42.6 Å². The Morgan fingerprint density at radius 3 is 2.54 bits per heavy atom. The zero-order chi connectivity index (χ0) is 19.5. The van der Waals surface area contributed by atoms with Crippen LogP contribution in [0.1, 0.15) is 51.8 Å². The van der Waals surface area contributed by atoms with E-state index in [0.29, 0.717) is 17.5 Å². The van der Waals surface area contributed by atoms with Crippen molar-refractivity contribution in [2.24, 2.45) is 0 Å². The molecular weight excluding hydrogens is 352 g/mol. The van der Waals surface area contributed by atoms with E-state index in [4.69, 9.17) is 4.42 Å². The molecule has 6 heteroatoms. The highest BCUT2D eigenvalue weighted by atomic mass is 16.4. The Morgan fingerprint density at radius 1 is 1.07 bits per heavy atom. The minimum absolute atomic E-state index is 0.160. The van der Waals surface area contributed by atoms with Gasteiger partial charge >= 0.3 is 6.01 Å². The molecule has 6 nitrogen and oxygen atoms in total. The van der Waals surface area contributed by atoms with Crippen molar-refractivity contribution in [2.75, 3.05) is 18.0 Å². The van der Waals surface area contributed by atoms with Gasteiger partial charge in [-0.3, -0.25) is 4.79 Å². The predicted octanol–water partition coefficient (Wildman–Crippen LogP) is 3.81. The molecule has 1 aliphatic heterocycles. The van der Waals surface area contributed by atoms with Crippen molar-refractivity contribution in [2.45, 2.75) is 32.7 Å². The second-order valence-electron chi connectivity index (χ2n) is 7.25. The van der Waals surface area contributed by atoms with E-state index in [9.17, 15) is 4.79 Å². The molecule has 0 unspecified atom stereocenters. The predicted molar refractivity (Wildman–Crippen MR) is 107 cm³/mol. The lowest BCUT2D eigenvalue weighted by molar-refractivity contribution is 0.0937. The molecule has 1 N–H and O–H groups in total. The number of carbonyl (C=O) groups excluding carboxylic acids is 1. The number of aryl methyl sites for hydroxylation is 2. The Bertz CT molecular complexity index is 962. The molecular formula is C22H24N4O2. The number of rotatable bonds is 5. The monoisotopic (exact) mass is 376 g/mol. The molecule has 4 rings (SSSR count). The van der Waals surface area contributed by atoms with Gasteiger partial charge in [0.05, 0.1) is 0 Å². The average molecular weight is 376 g/mol. The van der Waals surface area contributed by atoms with E-state index < -0.39 is 6.04 Å². The molecule has 1 aromatic heterocycles. The molecule has 1 fully saturated rings. The molecule has 2 heterocycles.